The van der Waals surface area contributed by atoms with Gasteiger partial charge in [0.2, 0.25) is 0 Å². The SMILES string of the molecule is COc1cccc(NC(=O)c2c(=O)n(-c3cccc(OC)c3)[nH][n+]2Cc2ccccc2)c1. The molecule has 1 aromatic heterocycles. The first-order valence-electron chi connectivity index (χ1n) is 9.97. The number of aromatic nitrogens is 3. The van der Waals surface area contributed by atoms with E-state index in [1.165, 1.54) is 9.36 Å². The normalized spacial score (nSPS) is 10.6. The molecule has 0 fully saturated rings. The van der Waals surface area contributed by atoms with Gasteiger partial charge in [-0.1, -0.05) is 52.4 Å². The predicted molar refractivity (Wildman–Crippen MR) is 120 cm³/mol. The summed E-state index contributed by atoms with van der Waals surface area (Å²) in [5.74, 6) is 0.667. The minimum absolute atomic E-state index is 0.0282. The number of methoxy groups -OCH3 is 2. The molecule has 162 valence electrons. The molecule has 1 amide bonds. The van der Waals surface area contributed by atoms with Gasteiger partial charge < -0.3 is 14.8 Å². The van der Waals surface area contributed by atoms with Crippen LogP contribution in [0.4, 0.5) is 5.69 Å². The maximum Gasteiger partial charge on any atom is 0.411 e. The van der Waals surface area contributed by atoms with E-state index in [1.54, 1.807) is 62.8 Å². The Bertz CT molecular complexity index is 1290. The molecule has 3 aromatic carbocycles. The maximum absolute atomic E-state index is 13.3. The number of ether oxygens (including phenoxy) is 2. The highest BCUT2D eigenvalue weighted by atomic mass is 16.5. The summed E-state index contributed by atoms with van der Waals surface area (Å²) in [6, 6.07) is 23.6. The second kappa shape index (κ2) is 9.22. The van der Waals surface area contributed by atoms with Crippen LogP contribution in [0.2, 0.25) is 0 Å². The lowest BCUT2D eigenvalue weighted by atomic mass is 10.2. The molecule has 32 heavy (non-hydrogen) atoms. The van der Waals surface area contributed by atoms with Gasteiger partial charge in [-0.25, -0.2) is 4.79 Å². The molecule has 0 atom stereocenters. The molecule has 0 saturated heterocycles. The summed E-state index contributed by atoms with van der Waals surface area (Å²) in [5, 5.41) is 5.82. The number of nitrogens with one attached hydrogen (secondary N) is 2. The number of benzene rings is 3. The minimum atomic E-state index is -0.530. The lowest BCUT2D eigenvalue weighted by Crippen LogP contribution is -2.45. The van der Waals surface area contributed by atoms with Gasteiger partial charge in [-0.15, -0.1) is 4.68 Å². The van der Waals surface area contributed by atoms with Gasteiger partial charge in [0.1, 0.15) is 18.0 Å². The fourth-order valence-electron chi connectivity index (χ4n) is 3.35. The van der Waals surface area contributed by atoms with E-state index in [4.69, 9.17) is 9.47 Å². The molecule has 8 nitrogen and oxygen atoms in total. The van der Waals surface area contributed by atoms with E-state index >= 15 is 0 Å². The molecule has 0 unspecified atom stereocenters. The van der Waals surface area contributed by atoms with Crippen molar-refractivity contribution in [3.8, 4) is 17.2 Å². The molecule has 1 heterocycles. The molecule has 2 N–H and O–H groups in total. The van der Waals surface area contributed by atoms with Gasteiger partial charge >= 0.3 is 17.2 Å². The van der Waals surface area contributed by atoms with Crippen LogP contribution < -0.4 is 25.0 Å². The van der Waals surface area contributed by atoms with E-state index in [0.29, 0.717) is 29.4 Å². The van der Waals surface area contributed by atoms with Crippen LogP contribution in [0.5, 0.6) is 11.5 Å². The van der Waals surface area contributed by atoms with Crippen LogP contribution in [0.1, 0.15) is 16.1 Å². The van der Waals surface area contributed by atoms with Crippen molar-refractivity contribution in [3.05, 3.63) is 100 Å². The number of hydrogen-bond donors (Lipinski definition) is 2. The standard InChI is InChI=1S/C24H22N4O4/c1-31-20-12-6-10-18(14-20)25-23(29)22-24(30)28(19-11-7-13-21(15-19)32-2)26-27(22)16-17-8-4-3-5-9-17/h3-15H,16H2,1-2H3,(H-,25,26,29,30)/p+1. The average molecular weight is 431 g/mol. The summed E-state index contributed by atoms with van der Waals surface area (Å²) < 4.78 is 13.3. The Morgan fingerprint density at radius 1 is 0.938 bits per heavy atom. The Morgan fingerprint density at radius 3 is 2.34 bits per heavy atom. The number of amides is 1. The van der Waals surface area contributed by atoms with Crippen molar-refractivity contribution >= 4 is 11.6 Å². The van der Waals surface area contributed by atoms with Gasteiger partial charge in [0.25, 0.3) is 0 Å². The summed E-state index contributed by atoms with van der Waals surface area (Å²) in [4.78, 5) is 26.5. The lowest BCUT2D eigenvalue weighted by Gasteiger charge is -2.05. The van der Waals surface area contributed by atoms with Gasteiger partial charge in [-0.3, -0.25) is 4.79 Å². The largest absolute Gasteiger partial charge is 0.497 e. The third-order valence-electron chi connectivity index (χ3n) is 4.93. The molecule has 8 heteroatoms. The Morgan fingerprint density at radius 2 is 1.62 bits per heavy atom. The molecule has 4 rings (SSSR count). The van der Waals surface area contributed by atoms with E-state index in [0.717, 1.165) is 5.56 Å². The fraction of sp³-hybridized carbons (Fsp3) is 0.125. The highest BCUT2D eigenvalue weighted by Crippen LogP contribution is 2.17. The molecule has 0 aliphatic rings. The number of carbonyl (C=O) groups excluding carboxylic acids is 1. The Kier molecular flexibility index (Phi) is 6.03. The zero-order valence-electron chi connectivity index (χ0n) is 17.7. The second-order valence-electron chi connectivity index (χ2n) is 7.05. The van der Waals surface area contributed by atoms with Crippen LogP contribution in [0, 0.1) is 0 Å². The van der Waals surface area contributed by atoms with Gasteiger partial charge in [-0.05, 0) is 29.8 Å². The van der Waals surface area contributed by atoms with E-state index in [2.05, 4.69) is 10.5 Å². The molecular weight excluding hydrogens is 408 g/mol. The van der Waals surface area contributed by atoms with Gasteiger partial charge in [0.15, 0.2) is 5.69 Å². The first kappa shape index (κ1) is 20.9. The molecule has 0 aliphatic heterocycles. The summed E-state index contributed by atoms with van der Waals surface area (Å²) in [6.45, 7) is 0.313. The fourth-order valence-corrected chi connectivity index (χ4v) is 3.35. The highest BCUT2D eigenvalue weighted by Gasteiger charge is 2.29. The molecule has 0 radical (unpaired) electrons. The molecule has 0 saturated carbocycles. The van der Waals surface area contributed by atoms with Crippen molar-refractivity contribution in [2.24, 2.45) is 0 Å². The number of hydrogen-bond acceptors (Lipinski definition) is 4. The number of anilines is 1. The Hall–Kier alpha value is -4.33. The van der Waals surface area contributed by atoms with Crippen LogP contribution >= 0.6 is 0 Å². The Labute approximate surface area is 184 Å². The zero-order chi connectivity index (χ0) is 22.5. The van der Waals surface area contributed by atoms with Crippen molar-refractivity contribution < 1.29 is 19.0 Å². The predicted octanol–water partition coefficient (Wildman–Crippen LogP) is 2.77. The van der Waals surface area contributed by atoms with Gasteiger partial charge in [0, 0.05) is 17.8 Å². The molecule has 0 bridgehead atoms. The van der Waals surface area contributed by atoms with E-state index in [9.17, 15) is 9.59 Å². The third-order valence-corrected chi connectivity index (χ3v) is 4.93. The maximum atomic E-state index is 13.3. The van der Waals surface area contributed by atoms with Crippen molar-refractivity contribution in [1.29, 1.82) is 0 Å². The number of H-pyrrole nitrogens is 1. The first-order chi connectivity index (χ1) is 15.6. The summed E-state index contributed by atoms with van der Waals surface area (Å²) in [5.41, 5.74) is 1.51. The molecule has 0 spiro atoms. The smallest absolute Gasteiger partial charge is 0.411 e. The van der Waals surface area contributed by atoms with Crippen molar-refractivity contribution in [3.63, 3.8) is 0 Å². The number of aromatic amines is 1. The monoisotopic (exact) mass is 431 g/mol. The summed E-state index contributed by atoms with van der Waals surface area (Å²) >= 11 is 0. The van der Waals surface area contributed by atoms with Crippen molar-refractivity contribution in [2.75, 3.05) is 19.5 Å². The van der Waals surface area contributed by atoms with Crippen LogP contribution in [-0.4, -0.2) is 30.0 Å². The Balaban J connectivity index is 1.77. The van der Waals surface area contributed by atoms with Gasteiger partial charge in [-0.2, -0.15) is 0 Å². The average Bonchev–Trinajstić information content (AvgIpc) is 3.15. The van der Waals surface area contributed by atoms with Crippen LogP contribution in [0.25, 0.3) is 5.69 Å². The molecular formula is C24H23N4O4+. The summed E-state index contributed by atoms with van der Waals surface area (Å²) in [7, 11) is 3.10. The highest BCUT2D eigenvalue weighted by molar-refractivity contribution is 6.01. The summed E-state index contributed by atoms with van der Waals surface area (Å²) in [6.07, 6.45) is 0. The van der Waals surface area contributed by atoms with Crippen LogP contribution in [0.15, 0.2) is 83.7 Å². The van der Waals surface area contributed by atoms with Crippen LogP contribution in [-0.2, 0) is 6.54 Å². The van der Waals surface area contributed by atoms with Crippen LogP contribution in [0.3, 0.4) is 0 Å². The van der Waals surface area contributed by atoms with E-state index < -0.39 is 11.5 Å². The van der Waals surface area contributed by atoms with E-state index in [1.807, 2.05) is 30.3 Å². The number of carbonyl (C=O) groups is 1. The molecule has 4 aromatic rings. The topological polar surface area (TPSA) is 89.2 Å². The number of nitrogens with zero attached hydrogens (tertiary/aromatic N) is 2. The third kappa shape index (κ3) is 4.39. The molecule has 0 aliphatic carbocycles. The van der Waals surface area contributed by atoms with Gasteiger partial charge in [0.05, 0.1) is 14.2 Å². The van der Waals surface area contributed by atoms with Crippen molar-refractivity contribution in [2.45, 2.75) is 6.54 Å². The minimum Gasteiger partial charge on any atom is -0.497 e. The lowest BCUT2D eigenvalue weighted by molar-refractivity contribution is -0.748. The first-order valence-corrected chi connectivity index (χ1v) is 9.97. The van der Waals surface area contributed by atoms with E-state index in [-0.39, 0.29) is 5.69 Å². The second-order valence-corrected chi connectivity index (χ2v) is 7.05. The zero-order valence-corrected chi connectivity index (χ0v) is 17.7. The van der Waals surface area contributed by atoms with Crippen molar-refractivity contribution in [1.82, 2.24) is 9.90 Å². The quantitative estimate of drug-likeness (QED) is 0.441. The number of rotatable bonds is 7.